The second kappa shape index (κ2) is 8.67. The molecule has 1 amide bonds. The minimum Gasteiger partial charge on any atom is -0.483 e. The van der Waals surface area contributed by atoms with Gasteiger partial charge in [0.25, 0.3) is 5.91 Å². The first-order valence-corrected chi connectivity index (χ1v) is 9.16. The fourth-order valence-electron chi connectivity index (χ4n) is 3.58. The van der Waals surface area contributed by atoms with Crippen LogP contribution in [0.2, 0.25) is 0 Å². The van der Waals surface area contributed by atoms with Gasteiger partial charge in [-0.15, -0.1) is 0 Å². The number of rotatable bonds is 7. The van der Waals surface area contributed by atoms with E-state index in [-0.39, 0.29) is 12.5 Å². The van der Waals surface area contributed by atoms with Gasteiger partial charge >= 0.3 is 0 Å². The lowest BCUT2D eigenvalue weighted by Crippen LogP contribution is -3.14. The van der Waals surface area contributed by atoms with E-state index in [1.807, 2.05) is 54.6 Å². The molecule has 0 radical (unpaired) electrons. The SMILES string of the molecule is CC[NH+]1CCC[C@H]1CNC(=O)COc1ccccc1-c1ccccc1. The number of likely N-dealkylation sites (N-methyl/N-ethyl adjacent to an activating group) is 1. The highest BCUT2D eigenvalue weighted by atomic mass is 16.5. The third kappa shape index (κ3) is 4.60. The molecule has 4 nitrogen and oxygen atoms in total. The van der Waals surface area contributed by atoms with Crippen molar-refractivity contribution in [2.45, 2.75) is 25.8 Å². The molecule has 0 aromatic heterocycles. The molecule has 3 rings (SSSR count). The molecule has 0 aliphatic carbocycles. The van der Waals surface area contributed by atoms with Crippen molar-refractivity contribution < 1.29 is 14.4 Å². The molecule has 0 saturated carbocycles. The van der Waals surface area contributed by atoms with Gasteiger partial charge in [0.15, 0.2) is 6.61 Å². The highest BCUT2D eigenvalue weighted by Crippen LogP contribution is 2.29. The molecule has 1 heterocycles. The molecule has 0 bridgehead atoms. The van der Waals surface area contributed by atoms with Crippen LogP contribution in [0.25, 0.3) is 11.1 Å². The number of carbonyl (C=O) groups is 1. The quantitative estimate of drug-likeness (QED) is 0.809. The third-order valence-corrected chi connectivity index (χ3v) is 4.96. The zero-order valence-electron chi connectivity index (χ0n) is 14.8. The number of para-hydroxylation sites is 1. The van der Waals surface area contributed by atoms with Crippen molar-refractivity contribution in [3.8, 4) is 16.9 Å². The summed E-state index contributed by atoms with van der Waals surface area (Å²) in [4.78, 5) is 13.8. The molecule has 1 fully saturated rings. The van der Waals surface area contributed by atoms with E-state index >= 15 is 0 Å². The molecule has 25 heavy (non-hydrogen) atoms. The van der Waals surface area contributed by atoms with Gasteiger partial charge in [-0.05, 0) is 18.6 Å². The first-order valence-electron chi connectivity index (χ1n) is 9.16. The standard InChI is InChI=1S/C21H26N2O2/c1-2-23-14-8-11-18(23)15-22-21(24)16-25-20-13-7-6-12-19(20)17-9-4-3-5-10-17/h3-7,9-10,12-13,18H,2,8,11,14-16H2,1H3,(H,22,24)/p+1/t18-/m0/s1. The molecule has 2 aromatic carbocycles. The van der Waals surface area contributed by atoms with Crippen molar-refractivity contribution in [1.82, 2.24) is 5.32 Å². The molecule has 1 unspecified atom stereocenters. The topological polar surface area (TPSA) is 42.8 Å². The molecule has 4 heteroatoms. The number of nitrogens with one attached hydrogen (secondary N) is 2. The van der Waals surface area contributed by atoms with Crippen molar-refractivity contribution >= 4 is 5.91 Å². The molecular formula is C21H27N2O2+. The Labute approximate surface area is 149 Å². The average molecular weight is 339 g/mol. The Morgan fingerprint density at radius 2 is 1.92 bits per heavy atom. The van der Waals surface area contributed by atoms with Crippen molar-refractivity contribution in [3.05, 3.63) is 54.6 Å². The van der Waals surface area contributed by atoms with Crippen LogP contribution in [0, 0.1) is 0 Å². The molecule has 1 aliphatic heterocycles. The van der Waals surface area contributed by atoms with Crippen molar-refractivity contribution in [1.29, 1.82) is 0 Å². The molecule has 132 valence electrons. The minimum atomic E-state index is -0.0507. The lowest BCUT2D eigenvalue weighted by atomic mass is 10.1. The Kier molecular flexibility index (Phi) is 6.07. The Morgan fingerprint density at radius 3 is 2.72 bits per heavy atom. The molecule has 0 spiro atoms. The van der Waals surface area contributed by atoms with Crippen LogP contribution in [0.4, 0.5) is 0 Å². The van der Waals surface area contributed by atoms with Gasteiger partial charge in [0.05, 0.1) is 19.6 Å². The van der Waals surface area contributed by atoms with Crippen LogP contribution >= 0.6 is 0 Å². The summed E-state index contributed by atoms with van der Waals surface area (Å²) in [5, 5.41) is 3.03. The van der Waals surface area contributed by atoms with E-state index < -0.39 is 0 Å². The maximum absolute atomic E-state index is 12.2. The van der Waals surface area contributed by atoms with Gasteiger partial charge in [-0.2, -0.15) is 0 Å². The Hall–Kier alpha value is -2.33. The van der Waals surface area contributed by atoms with Gasteiger partial charge in [-0.25, -0.2) is 0 Å². The highest BCUT2D eigenvalue weighted by molar-refractivity contribution is 5.78. The fourth-order valence-corrected chi connectivity index (χ4v) is 3.58. The molecule has 1 aliphatic rings. The molecule has 2 aromatic rings. The van der Waals surface area contributed by atoms with E-state index in [0.29, 0.717) is 6.04 Å². The minimum absolute atomic E-state index is 0.0507. The van der Waals surface area contributed by atoms with Crippen molar-refractivity contribution in [2.24, 2.45) is 0 Å². The number of benzene rings is 2. The number of quaternary nitrogens is 1. The number of likely N-dealkylation sites (tertiary alicyclic amines) is 1. The monoisotopic (exact) mass is 339 g/mol. The number of hydrogen-bond acceptors (Lipinski definition) is 2. The first-order chi connectivity index (χ1) is 12.3. The van der Waals surface area contributed by atoms with Gasteiger partial charge in [0.2, 0.25) is 0 Å². The zero-order chi connectivity index (χ0) is 17.5. The second-order valence-electron chi connectivity index (χ2n) is 6.56. The van der Waals surface area contributed by atoms with E-state index in [2.05, 4.69) is 12.2 Å². The number of amides is 1. The molecule has 2 atom stereocenters. The highest BCUT2D eigenvalue weighted by Gasteiger charge is 2.27. The molecular weight excluding hydrogens is 312 g/mol. The number of ether oxygens (including phenoxy) is 1. The van der Waals surface area contributed by atoms with E-state index in [9.17, 15) is 4.79 Å². The van der Waals surface area contributed by atoms with Crippen LogP contribution in [0.15, 0.2) is 54.6 Å². The summed E-state index contributed by atoms with van der Waals surface area (Å²) in [6, 6.07) is 18.5. The van der Waals surface area contributed by atoms with Crippen molar-refractivity contribution in [3.63, 3.8) is 0 Å². The van der Waals surface area contributed by atoms with Crippen LogP contribution in [-0.4, -0.2) is 38.2 Å². The summed E-state index contributed by atoms with van der Waals surface area (Å²) in [7, 11) is 0. The second-order valence-corrected chi connectivity index (χ2v) is 6.56. The van der Waals surface area contributed by atoms with E-state index in [4.69, 9.17) is 4.74 Å². The summed E-state index contributed by atoms with van der Waals surface area (Å²) >= 11 is 0. The Morgan fingerprint density at radius 1 is 1.16 bits per heavy atom. The van der Waals surface area contributed by atoms with E-state index in [1.165, 1.54) is 19.4 Å². The Bertz CT molecular complexity index is 687. The van der Waals surface area contributed by atoms with Gasteiger partial charge in [0.1, 0.15) is 11.8 Å². The number of hydrogen-bond donors (Lipinski definition) is 2. The Balaban J connectivity index is 1.54. The summed E-state index contributed by atoms with van der Waals surface area (Å²) in [5.41, 5.74) is 2.10. The summed E-state index contributed by atoms with van der Waals surface area (Å²) in [6.45, 7) is 5.35. The predicted molar refractivity (Wildman–Crippen MR) is 99.8 cm³/mol. The van der Waals surface area contributed by atoms with Gasteiger partial charge in [-0.1, -0.05) is 48.5 Å². The summed E-state index contributed by atoms with van der Waals surface area (Å²) in [6.07, 6.45) is 2.45. The van der Waals surface area contributed by atoms with Crippen LogP contribution in [0.1, 0.15) is 19.8 Å². The van der Waals surface area contributed by atoms with Crippen LogP contribution in [-0.2, 0) is 4.79 Å². The van der Waals surface area contributed by atoms with Gasteiger partial charge in [0, 0.05) is 18.4 Å². The lowest BCUT2D eigenvalue weighted by molar-refractivity contribution is -0.909. The molecule has 2 N–H and O–H groups in total. The zero-order valence-corrected chi connectivity index (χ0v) is 14.8. The van der Waals surface area contributed by atoms with Gasteiger partial charge in [-0.3, -0.25) is 4.79 Å². The lowest BCUT2D eigenvalue weighted by Gasteiger charge is -2.20. The first kappa shape index (κ1) is 17.5. The van der Waals surface area contributed by atoms with Crippen molar-refractivity contribution in [2.75, 3.05) is 26.2 Å². The largest absolute Gasteiger partial charge is 0.483 e. The number of carbonyl (C=O) groups excluding carboxylic acids is 1. The van der Waals surface area contributed by atoms with E-state index in [0.717, 1.165) is 30.0 Å². The average Bonchev–Trinajstić information content (AvgIpc) is 3.13. The smallest absolute Gasteiger partial charge is 0.258 e. The normalized spacial score (nSPS) is 19.6. The summed E-state index contributed by atoms with van der Waals surface area (Å²) in [5.74, 6) is 0.691. The molecule has 1 saturated heterocycles. The third-order valence-electron chi connectivity index (χ3n) is 4.96. The van der Waals surface area contributed by atoms with Gasteiger partial charge < -0.3 is 15.0 Å². The maximum Gasteiger partial charge on any atom is 0.258 e. The fraction of sp³-hybridized carbons (Fsp3) is 0.381. The van der Waals surface area contributed by atoms with Crippen LogP contribution < -0.4 is 15.0 Å². The summed E-state index contributed by atoms with van der Waals surface area (Å²) < 4.78 is 5.80. The van der Waals surface area contributed by atoms with E-state index in [1.54, 1.807) is 4.90 Å². The van der Waals surface area contributed by atoms with Crippen LogP contribution in [0.3, 0.4) is 0 Å². The maximum atomic E-state index is 12.2. The predicted octanol–water partition coefficient (Wildman–Crippen LogP) is 1.92. The van der Waals surface area contributed by atoms with Crippen LogP contribution in [0.5, 0.6) is 5.75 Å².